The zero-order chi connectivity index (χ0) is 25.1. The smallest absolute Gasteiger partial charge is 0.343 e. The van der Waals surface area contributed by atoms with Gasteiger partial charge < -0.3 is 19.9 Å². The van der Waals surface area contributed by atoms with E-state index in [0.29, 0.717) is 26.3 Å². The molecule has 0 saturated carbocycles. The minimum Gasteiger partial charge on any atom is -0.497 e. The van der Waals surface area contributed by atoms with Crippen LogP contribution in [0.4, 0.5) is 0 Å². The number of nitrogens with two attached hydrogens (primary N) is 1. The molecule has 0 aliphatic carbocycles. The number of fused-ring (bicyclic) bond motifs is 1. The van der Waals surface area contributed by atoms with Crippen LogP contribution in [0.1, 0.15) is 24.1 Å². The van der Waals surface area contributed by atoms with E-state index >= 15 is 0 Å². The number of nitrogens with zero attached hydrogens (tertiary/aromatic N) is 2. The van der Waals surface area contributed by atoms with Crippen molar-refractivity contribution in [2.45, 2.75) is 13.0 Å². The van der Waals surface area contributed by atoms with Gasteiger partial charge >= 0.3 is 5.97 Å². The third-order valence-electron chi connectivity index (χ3n) is 5.56. The van der Waals surface area contributed by atoms with Crippen LogP contribution in [0.5, 0.6) is 11.5 Å². The van der Waals surface area contributed by atoms with Crippen LogP contribution in [-0.2, 0) is 9.53 Å². The summed E-state index contributed by atoms with van der Waals surface area (Å²) in [6.07, 6.45) is 1.72. The molecule has 0 bridgehead atoms. The number of rotatable bonds is 6. The van der Waals surface area contributed by atoms with Crippen molar-refractivity contribution in [3.05, 3.63) is 90.5 Å². The summed E-state index contributed by atoms with van der Waals surface area (Å²) in [6.45, 7) is 1.80. The van der Waals surface area contributed by atoms with Gasteiger partial charge in [0.1, 0.15) is 27.8 Å². The molecule has 0 radical (unpaired) electrons. The molecule has 3 aromatic rings. The van der Waals surface area contributed by atoms with Gasteiger partial charge in [0.15, 0.2) is 0 Å². The van der Waals surface area contributed by atoms with Crippen LogP contribution in [0.2, 0.25) is 0 Å². The lowest BCUT2D eigenvalue weighted by molar-refractivity contribution is -0.136. The standard InChI is InChI=1S/C26H23N3O5S/c1-4-34-26(31)21-22(28)19(14-27)23(16-8-6-10-18(13-16)33-3)29-24(30)20(35-25(21)29)12-15-7-5-9-17(11-15)32-2/h5-13,23H,4,28H2,1-3H3. The SMILES string of the molecule is CCOC(=O)C1=c2sc(=Cc3cccc(OC)c3)c(=O)n2C(c2cccc(OC)c2)C(C#N)=C1N. The number of aromatic nitrogens is 1. The second kappa shape index (κ2) is 9.91. The number of methoxy groups -OCH3 is 2. The van der Waals surface area contributed by atoms with Crippen molar-refractivity contribution in [2.75, 3.05) is 20.8 Å². The summed E-state index contributed by atoms with van der Waals surface area (Å²) >= 11 is 1.12. The Morgan fingerprint density at radius 1 is 1.17 bits per heavy atom. The molecule has 178 valence electrons. The van der Waals surface area contributed by atoms with Gasteiger partial charge in [-0.1, -0.05) is 24.3 Å². The lowest BCUT2D eigenvalue weighted by atomic mass is 9.93. The number of hydrogen-bond donors (Lipinski definition) is 1. The summed E-state index contributed by atoms with van der Waals surface area (Å²) in [4.78, 5) is 26.6. The van der Waals surface area contributed by atoms with E-state index in [1.54, 1.807) is 56.5 Å². The minimum atomic E-state index is -0.834. The third-order valence-corrected chi connectivity index (χ3v) is 6.67. The molecule has 4 rings (SSSR count). The molecule has 35 heavy (non-hydrogen) atoms. The molecule has 2 heterocycles. The summed E-state index contributed by atoms with van der Waals surface area (Å²) in [5, 5.41) is 10.0. The highest BCUT2D eigenvalue weighted by atomic mass is 32.1. The molecule has 0 amide bonds. The fourth-order valence-electron chi connectivity index (χ4n) is 3.96. The van der Waals surface area contributed by atoms with E-state index in [0.717, 1.165) is 16.9 Å². The molecule has 8 nitrogen and oxygen atoms in total. The maximum absolute atomic E-state index is 13.7. The van der Waals surface area contributed by atoms with Crippen LogP contribution in [0.15, 0.2) is 64.6 Å². The zero-order valence-electron chi connectivity index (χ0n) is 19.4. The number of nitriles is 1. The highest BCUT2D eigenvalue weighted by Gasteiger charge is 2.34. The molecule has 0 fully saturated rings. The van der Waals surface area contributed by atoms with Gasteiger partial charge in [0.25, 0.3) is 5.56 Å². The normalized spacial score (nSPS) is 15.4. The Labute approximate surface area is 205 Å². The molecular formula is C26H23N3O5S. The van der Waals surface area contributed by atoms with Crippen molar-refractivity contribution in [3.8, 4) is 17.6 Å². The topological polar surface area (TPSA) is 117 Å². The van der Waals surface area contributed by atoms with Gasteiger partial charge in [-0.15, -0.1) is 11.3 Å². The second-order valence-corrected chi connectivity index (χ2v) is 8.61. The van der Waals surface area contributed by atoms with Crippen molar-refractivity contribution in [1.82, 2.24) is 4.57 Å². The Hall–Kier alpha value is -4.29. The molecule has 1 aromatic heterocycles. The van der Waals surface area contributed by atoms with Crippen LogP contribution in [0.25, 0.3) is 11.6 Å². The van der Waals surface area contributed by atoms with Crippen LogP contribution in [-0.4, -0.2) is 31.4 Å². The summed E-state index contributed by atoms with van der Waals surface area (Å²) in [5.74, 6) is 0.516. The number of carbonyl (C=O) groups excluding carboxylic acids is 1. The molecule has 0 saturated heterocycles. The molecule has 1 atom stereocenters. The number of carbonyl (C=O) groups is 1. The Balaban J connectivity index is 2.08. The number of thiazole rings is 1. The molecule has 2 N–H and O–H groups in total. The van der Waals surface area contributed by atoms with Gasteiger partial charge in [-0.25, -0.2) is 4.79 Å². The van der Waals surface area contributed by atoms with E-state index in [1.165, 1.54) is 11.7 Å². The Morgan fingerprint density at radius 2 is 1.86 bits per heavy atom. The monoisotopic (exact) mass is 489 g/mol. The Morgan fingerprint density at radius 3 is 2.51 bits per heavy atom. The fourth-order valence-corrected chi connectivity index (χ4v) is 5.13. The van der Waals surface area contributed by atoms with Gasteiger partial charge in [-0.05, 0) is 48.4 Å². The third kappa shape index (κ3) is 4.32. The fraction of sp³-hybridized carbons (Fsp3) is 0.192. The lowest BCUT2D eigenvalue weighted by Crippen LogP contribution is -2.41. The van der Waals surface area contributed by atoms with E-state index in [-0.39, 0.29) is 29.0 Å². The second-order valence-electron chi connectivity index (χ2n) is 7.58. The number of esters is 1. The molecular weight excluding hydrogens is 466 g/mol. The van der Waals surface area contributed by atoms with E-state index in [1.807, 2.05) is 12.1 Å². The van der Waals surface area contributed by atoms with Gasteiger partial charge in [0.05, 0.1) is 42.7 Å². The predicted octanol–water partition coefficient (Wildman–Crippen LogP) is 1.81. The van der Waals surface area contributed by atoms with Crippen molar-refractivity contribution >= 4 is 29.0 Å². The molecule has 9 heteroatoms. The number of hydrogen-bond acceptors (Lipinski definition) is 8. The number of ether oxygens (including phenoxy) is 3. The average Bonchev–Trinajstić information content (AvgIpc) is 3.18. The first-order chi connectivity index (χ1) is 16.9. The summed E-state index contributed by atoms with van der Waals surface area (Å²) < 4.78 is 18.0. The van der Waals surface area contributed by atoms with E-state index in [2.05, 4.69) is 6.07 Å². The highest BCUT2D eigenvalue weighted by Crippen LogP contribution is 2.32. The maximum atomic E-state index is 13.7. The van der Waals surface area contributed by atoms with Gasteiger partial charge in [-0.2, -0.15) is 5.26 Å². The van der Waals surface area contributed by atoms with E-state index in [9.17, 15) is 14.9 Å². The van der Waals surface area contributed by atoms with Crippen LogP contribution >= 0.6 is 11.3 Å². The van der Waals surface area contributed by atoms with Crippen molar-refractivity contribution in [3.63, 3.8) is 0 Å². The van der Waals surface area contributed by atoms with Crippen molar-refractivity contribution in [1.29, 1.82) is 5.26 Å². The first-order valence-electron chi connectivity index (χ1n) is 10.8. The zero-order valence-corrected chi connectivity index (χ0v) is 20.2. The first kappa shape index (κ1) is 23.9. The highest BCUT2D eigenvalue weighted by molar-refractivity contribution is 7.07. The molecule has 1 unspecified atom stereocenters. The number of allylic oxidation sites excluding steroid dienone is 1. The van der Waals surface area contributed by atoms with Gasteiger partial charge in [0, 0.05) is 0 Å². The summed E-state index contributed by atoms with van der Waals surface area (Å²) in [6, 6.07) is 15.6. The van der Waals surface area contributed by atoms with E-state index < -0.39 is 12.0 Å². The van der Waals surface area contributed by atoms with Crippen LogP contribution in [0, 0.1) is 11.3 Å². The quantitative estimate of drug-likeness (QED) is 0.525. The Kier molecular flexibility index (Phi) is 6.75. The first-order valence-corrected chi connectivity index (χ1v) is 11.6. The van der Waals surface area contributed by atoms with Crippen LogP contribution < -0.4 is 30.0 Å². The predicted molar refractivity (Wildman–Crippen MR) is 132 cm³/mol. The van der Waals surface area contributed by atoms with Gasteiger partial charge in [-0.3, -0.25) is 9.36 Å². The Bertz CT molecular complexity index is 1560. The average molecular weight is 490 g/mol. The molecule has 2 aromatic carbocycles. The molecule has 1 aliphatic rings. The molecule has 1 aliphatic heterocycles. The number of benzene rings is 2. The van der Waals surface area contributed by atoms with Gasteiger partial charge in [0.2, 0.25) is 0 Å². The lowest BCUT2D eigenvalue weighted by Gasteiger charge is -2.25. The summed E-state index contributed by atoms with van der Waals surface area (Å²) in [7, 11) is 3.10. The van der Waals surface area contributed by atoms with E-state index in [4.69, 9.17) is 19.9 Å². The van der Waals surface area contributed by atoms with Crippen LogP contribution in [0.3, 0.4) is 0 Å². The minimum absolute atomic E-state index is 0.00653. The summed E-state index contributed by atoms with van der Waals surface area (Å²) in [5.41, 5.74) is 7.48. The van der Waals surface area contributed by atoms with Crippen molar-refractivity contribution in [2.24, 2.45) is 5.73 Å². The van der Waals surface area contributed by atoms with Crippen molar-refractivity contribution < 1.29 is 19.0 Å². The largest absolute Gasteiger partial charge is 0.497 e. The molecule has 0 spiro atoms. The maximum Gasteiger partial charge on any atom is 0.343 e.